The Bertz CT molecular complexity index is 725. The van der Waals surface area contributed by atoms with Crippen molar-refractivity contribution in [2.24, 2.45) is 0 Å². The summed E-state index contributed by atoms with van der Waals surface area (Å²) < 4.78 is 5.73. The lowest BCUT2D eigenvalue weighted by atomic mass is 10.1. The van der Waals surface area contributed by atoms with Gasteiger partial charge in [0.15, 0.2) is 0 Å². The average Bonchev–Trinajstić information content (AvgIpc) is 2.53. The Morgan fingerprint density at radius 3 is 2.55 bits per heavy atom. The Kier molecular flexibility index (Phi) is 3.52. The molecule has 0 aromatic heterocycles. The van der Waals surface area contributed by atoms with E-state index in [1.807, 2.05) is 24.3 Å². The van der Waals surface area contributed by atoms with E-state index in [9.17, 15) is 0 Å². The van der Waals surface area contributed by atoms with Crippen LogP contribution in [0.25, 0.3) is 10.8 Å². The molecule has 0 radical (unpaired) electrons. The van der Waals surface area contributed by atoms with Gasteiger partial charge in [0.25, 0.3) is 0 Å². The fraction of sp³-hybridized carbons (Fsp3) is 0.0588. The Balaban J connectivity index is 1.76. The minimum atomic E-state index is 0.500. The van der Waals surface area contributed by atoms with Gasteiger partial charge >= 0.3 is 0 Å². The van der Waals surface area contributed by atoms with Crippen LogP contribution in [0.15, 0.2) is 66.7 Å². The van der Waals surface area contributed by atoms with Gasteiger partial charge in [0.2, 0.25) is 0 Å². The van der Waals surface area contributed by atoms with E-state index in [1.54, 1.807) is 12.1 Å². The quantitative estimate of drug-likeness (QED) is 0.694. The third kappa shape index (κ3) is 2.73. The molecular weight excluding hydrogens is 250 g/mol. The first-order valence-electron chi connectivity index (χ1n) is 6.46. The van der Waals surface area contributed by atoms with Crippen LogP contribution in [-0.2, 0) is 6.61 Å². The fourth-order valence-electron chi connectivity index (χ4n) is 2.15. The summed E-state index contributed by atoms with van der Waals surface area (Å²) in [7, 11) is 0. The molecule has 0 atom stereocenters. The van der Waals surface area contributed by atoms with E-state index in [0.717, 1.165) is 11.3 Å². The zero-order valence-electron chi connectivity index (χ0n) is 10.9. The van der Waals surface area contributed by atoms with Crippen LogP contribution in [0.2, 0.25) is 0 Å². The maximum Gasteiger partial charge on any atom is 0.121 e. The van der Waals surface area contributed by atoms with Gasteiger partial charge in [-0.2, -0.15) is 0 Å². The minimum Gasteiger partial charge on any atom is -0.489 e. The lowest BCUT2D eigenvalue weighted by Gasteiger charge is -2.08. The van der Waals surface area contributed by atoms with E-state index < -0.39 is 0 Å². The van der Waals surface area contributed by atoms with Crippen molar-refractivity contribution in [3.8, 4) is 5.75 Å². The molecule has 0 fully saturated rings. The Hall–Kier alpha value is -2.52. The van der Waals surface area contributed by atoms with Crippen LogP contribution in [0, 0.1) is 0 Å². The number of benzene rings is 3. The van der Waals surface area contributed by atoms with Crippen molar-refractivity contribution in [1.29, 1.82) is 0 Å². The first kappa shape index (κ1) is 12.5. The molecule has 100 valence electrons. The van der Waals surface area contributed by atoms with Gasteiger partial charge in [-0.3, -0.25) is 10.7 Å². The Morgan fingerprint density at radius 2 is 1.70 bits per heavy atom. The summed E-state index contributed by atoms with van der Waals surface area (Å²) in [6.07, 6.45) is 0. The number of hydrogen-bond donors (Lipinski definition) is 2. The molecule has 0 bridgehead atoms. The zero-order chi connectivity index (χ0) is 13.8. The van der Waals surface area contributed by atoms with Gasteiger partial charge in [0, 0.05) is 6.07 Å². The largest absolute Gasteiger partial charge is 0.489 e. The molecule has 3 nitrogen and oxygen atoms in total. The second-order valence-corrected chi connectivity index (χ2v) is 4.61. The minimum absolute atomic E-state index is 0.500. The molecule has 0 aliphatic rings. The predicted octanol–water partition coefficient (Wildman–Crippen LogP) is 4.22. The molecule has 20 heavy (non-hydrogen) atoms. The van der Waals surface area contributed by atoms with E-state index in [4.69, 9.17) is 9.94 Å². The third-order valence-corrected chi connectivity index (χ3v) is 3.18. The van der Waals surface area contributed by atoms with Crippen LogP contribution in [0.1, 0.15) is 5.56 Å². The monoisotopic (exact) mass is 265 g/mol. The van der Waals surface area contributed by atoms with Crippen molar-refractivity contribution in [2.75, 3.05) is 5.48 Å². The van der Waals surface area contributed by atoms with Gasteiger partial charge in [-0.05, 0) is 34.5 Å². The highest BCUT2D eigenvalue weighted by atomic mass is 16.5. The summed E-state index contributed by atoms with van der Waals surface area (Å²) in [5.41, 5.74) is 3.84. The van der Waals surface area contributed by atoms with Crippen molar-refractivity contribution < 1.29 is 9.94 Å². The summed E-state index contributed by atoms with van der Waals surface area (Å²) in [6, 6.07) is 21.8. The number of rotatable bonds is 4. The van der Waals surface area contributed by atoms with Gasteiger partial charge in [0.1, 0.15) is 12.4 Å². The lowest BCUT2D eigenvalue weighted by Crippen LogP contribution is -1.96. The molecule has 0 saturated carbocycles. The summed E-state index contributed by atoms with van der Waals surface area (Å²) >= 11 is 0. The van der Waals surface area contributed by atoms with Gasteiger partial charge in [-0.25, -0.2) is 0 Å². The molecule has 0 amide bonds. The van der Waals surface area contributed by atoms with Crippen LogP contribution in [0.5, 0.6) is 5.75 Å². The lowest BCUT2D eigenvalue weighted by molar-refractivity contribution is 0.306. The summed E-state index contributed by atoms with van der Waals surface area (Å²) in [5, 5.41) is 11.3. The molecule has 3 aromatic carbocycles. The molecule has 2 N–H and O–H groups in total. The van der Waals surface area contributed by atoms with Gasteiger partial charge in [-0.15, -0.1) is 0 Å². The van der Waals surface area contributed by atoms with Crippen LogP contribution in [0.4, 0.5) is 5.69 Å². The van der Waals surface area contributed by atoms with Crippen LogP contribution in [-0.4, -0.2) is 5.21 Å². The van der Waals surface area contributed by atoms with Crippen LogP contribution >= 0.6 is 0 Å². The molecule has 0 unspecified atom stereocenters. The summed E-state index contributed by atoms with van der Waals surface area (Å²) in [6.45, 7) is 0.500. The molecule has 0 aliphatic carbocycles. The van der Waals surface area contributed by atoms with E-state index >= 15 is 0 Å². The number of ether oxygens (including phenoxy) is 1. The number of anilines is 1. The molecular formula is C17H15NO2. The first-order valence-corrected chi connectivity index (χ1v) is 6.46. The Labute approximate surface area is 117 Å². The molecule has 3 aromatic rings. The van der Waals surface area contributed by atoms with E-state index in [2.05, 4.69) is 35.8 Å². The van der Waals surface area contributed by atoms with Crippen LogP contribution in [0.3, 0.4) is 0 Å². The van der Waals surface area contributed by atoms with Crippen molar-refractivity contribution in [1.82, 2.24) is 0 Å². The SMILES string of the molecule is ONc1cccc(OCc2ccc3ccccc3c2)c1. The highest BCUT2D eigenvalue weighted by molar-refractivity contribution is 5.82. The number of hydrogen-bond acceptors (Lipinski definition) is 3. The van der Waals surface area contributed by atoms with Gasteiger partial charge in [-0.1, -0.05) is 42.5 Å². The smallest absolute Gasteiger partial charge is 0.121 e. The highest BCUT2D eigenvalue weighted by Gasteiger charge is 1.99. The van der Waals surface area contributed by atoms with Crippen molar-refractivity contribution in [2.45, 2.75) is 6.61 Å². The van der Waals surface area contributed by atoms with Crippen molar-refractivity contribution >= 4 is 16.5 Å². The second kappa shape index (κ2) is 5.63. The molecule has 0 saturated heterocycles. The molecule has 0 aliphatic heterocycles. The van der Waals surface area contributed by atoms with Crippen molar-refractivity contribution in [3.05, 3.63) is 72.3 Å². The summed E-state index contributed by atoms with van der Waals surface area (Å²) in [4.78, 5) is 0. The predicted molar refractivity (Wildman–Crippen MR) is 80.1 cm³/mol. The molecule has 0 spiro atoms. The van der Waals surface area contributed by atoms with Gasteiger partial charge in [0.05, 0.1) is 5.69 Å². The first-order chi connectivity index (χ1) is 9.85. The molecule has 0 heterocycles. The van der Waals surface area contributed by atoms with E-state index in [0.29, 0.717) is 12.3 Å². The summed E-state index contributed by atoms with van der Waals surface area (Å²) in [5.74, 6) is 0.720. The Morgan fingerprint density at radius 1 is 0.850 bits per heavy atom. The fourth-order valence-corrected chi connectivity index (χ4v) is 2.15. The maximum absolute atomic E-state index is 8.86. The number of fused-ring (bicyclic) bond motifs is 1. The molecule has 3 rings (SSSR count). The van der Waals surface area contributed by atoms with E-state index in [1.165, 1.54) is 10.8 Å². The number of nitrogens with one attached hydrogen (secondary N) is 1. The van der Waals surface area contributed by atoms with Crippen molar-refractivity contribution in [3.63, 3.8) is 0 Å². The normalized spacial score (nSPS) is 10.4. The zero-order valence-corrected chi connectivity index (χ0v) is 10.9. The van der Waals surface area contributed by atoms with E-state index in [-0.39, 0.29) is 0 Å². The average molecular weight is 265 g/mol. The molecule has 3 heteroatoms. The van der Waals surface area contributed by atoms with Gasteiger partial charge < -0.3 is 4.74 Å². The van der Waals surface area contributed by atoms with Crippen LogP contribution < -0.4 is 10.2 Å². The standard InChI is InChI=1S/C17H15NO2/c19-18-16-6-3-7-17(11-16)20-12-13-8-9-14-4-1-2-5-15(14)10-13/h1-11,18-19H,12H2. The maximum atomic E-state index is 8.86. The second-order valence-electron chi connectivity index (χ2n) is 4.61. The third-order valence-electron chi connectivity index (χ3n) is 3.18. The topological polar surface area (TPSA) is 41.5 Å². The highest BCUT2D eigenvalue weighted by Crippen LogP contribution is 2.20.